The molecular weight excluding hydrogens is 1060 g/mol. The van der Waals surface area contributed by atoms with E-state index in [0.717, 1.165) is 0 Å². The smallest absolute Gasteiger partial charge is 0.0976 e. The molecule has 0 saturated heterocycles. The van der Waals surface area contributed by atoms with Crippen molar-refractivity contribution >= 4 is 0 Å². The van der Waals surface area contributed by atoms with Crippen LogP contribution in [0, 0.1) is 28.4 Å². The number of ether oxygens (including phenoxy) is 8. The topological polar surface area (TPSA) is 195 Å². The molecule has 244 valence electrons. The minimum Gasteiger partial charge on any atom is -0.553 e. The van der Waals surface area contributed by atoms with Gasteiger partial charge in [-0.2, -0.15) is 0 Å². The number of aliphatic hydroxyl groups is 6. The van der Waals surface area contributed by atoms with E-state index in [2.05, 4.69) is 47.4 Å². The van der Waals surface area contributed by atoms with E-state index in [4.69, 9.17) is 39.4 Å². The van der Waals surface area contributed by atoms with E-state index >= 15 is 0 Å². The zero-order chi connectivity index (χ0) is 30.0. The van der Waals surface area contributed by atoms with Gasteiger partial charge in [0.2, 0.25) is 0 Å². The van der Waals surface area contributed by atoms with Crippen molar-refractivity contribution in [1.29, 1.82) is 0 Å². The first-order chi connectivity index (χ1) is 18.8. The molecule has 14 nitrogen and oxygen atoms in total. The maximum absolute atomic E-state index is 9.21. The molecule has 0 aromatic carbocycles. The maximum atomic E-state index is 9.21. The first kappa shape index (κ1) is 48.2. The van der Waals surface area contributed by atoms with Crippen LogP contribution in [0.25, 0.3) is 0 Å². The van der Waals surface area contributed by atoms with Crippen LogP contribution in [0.15, 0.2) is 0 Å². The standard InChI is InChI=1S/C11H22O6.2C7H15O4.2Rf/c1-14-6-10(12)8-16-4-3-5-17-9-11(13)7-15-2;2*1-10-5-7(9)6-11-4-2-3-8;;/h10-13H,1-9H2;2*7-9H,1-6H2;;/q-2;2*-1;;. The molecule has 0 fully saturated rings. The molecule has 0 aromatic rings. The van der Waals surface area contributed by atoms with Crippen LogP contribution in [0.2, 0.25) is 0 Å². The first-order valence-electron chi connectivity index (χ1n) is 12.6. The Balaban J connectivity index is -0.000000160. The Bertz CT molecular complexity index is 398. The van der Waals surface area contributed by atoms with Gasteiger partial charge >= 0.3 is 0 Å². The van der Waals surface area contributed by atoms with Gasteiger partial charge in [-0.05, 0) is 19.3 Å². The van der Waals surface area contributed by atoms with Crippen molar-refractivity contribution in [1.82, 2.24) is 0 Å². The first-order valence-corrected chi connectivity index (χ1v) is 12.6. The van der Waals surface area contributed by atoms with Gasteiger partial charge < -0.3 is 68.5 Å². The van der Waals surface area contributed by atoms with E-state index in [1.165, 1.54) is 0 Å². The van der Waals surface area contributed by atoms with Crippen molar-refractivity contribution in [3.05, 3.63) is 28.4 Å². The third kappa shape index (κ3) is 47.6. The van der Waals surface area contributed by atoms with Crippen molar-refractivity contribution in [2.75, 3.05) is 92.5 Å². The van der Waals surface area contributed by atoms with E-state index in [9.17, 15) is 10.2 Å². The Morgan fingerprint density at radius 3 is 0.805 bits per heavy atom. The normalized spacial score (nSPS) is 13.3. The molecule has 0 bridgehead atoms. The molecule has 0 radical (unpaired) electrons. The van der Waals surface area contributed by atoms with Crippen molar-refractivity contribution in [2.45, 2.75) is 43.7 Å². The van der Waals surface area contributed by atoms with Crippen LogP contribution in [-0.4, -0.2) is 148 Å². The van der Waals surface area contributed by atoms with Gasteiger partial charge in [-0.25, -0.2) is 28.4 Å². The summed E-state index contributed by atoms with van der Waals surface area (Å²) in [6.45, 7) is 3.69. The minimum atomic E-state index is -0.649. The van der Waals surface area contributed by atoms with Crippen LogP contribution < -0.4 is 0 Å². The van der Waals surface area contributed by atoms with Gasteiger partial charge in [0.05, 0.1) is 50.8 Å². The fourth-order valence-electron chi connectivity index (χ4n) is 2.21. The molecule has 0 saturated carbocycles. The number of hydrogen-bond acceptors (Lipinski definition) is 14. The number of aliphatic hydroxyl groups excluding tert-OH is 6. The SMILES string of the molecule is [CH2-]OCC(O)COCCCO.[CH2-]OCC(O)COCCCO.[CH2-]OCC(O)COCCCOCC(O)CO[CH2-].[Rf].[Rf]. The fourth-order valence-corrected chi connectivity index (χ4v) is 2.21. The zero-order valence-electron chi connectivity index (χ0n) is 24.5. The van der Waals surface area contributed by atoms with Crippen molar-refractivity contribution in [3.63, 3.8) is 0 Å². The third-order valence-corrected chi connectivity index (χ3v) is 3.95. The van der Waals surface area contributed by atoms with Gasteiger partial charge in [-0.3, -0.25) is 0 Å². The average Bonchev–Trinajstić information content (AvgIpc) is 2.90. The molecule has 0 rings (SSSR count). The van der Waals surface area contributed by atoms with Crippen molar-refractivity contribution in [3.8, 4) is 0 Å². The van der Waals surface area contributed by atoms with Gasteiger partial charge in [0, 0.05) is 66.1 Å². The van der Waals surface area contributed by atoms with Gasteiger partial charge in [0.15, 0.2) is 0 Å². The number of hydrogen-bond donors (Lipinski definition) is 6. The summed E-state index contributed by atoms with van der Waals surface area (Å²) in [5.41, 5.74) is 0. The van der Waals surface area contributed by atoms with E-state index in [1.807, 2.05) is 0 Å². The monoisotopic (exact) mass is 1110 g/mol. The van der Waals surface area contributed by atoms with Crippen LogP contribution in [-0.2, 0) is 37.9 Å². The van der Waals surface area contributed by atoms with Crippen LogP contribution in [0.4, 0.5) is 0 Å². The Hall–Kier alpha value is -2.56. The molecule has 0 spiro atoms. The summed E-state index contributed by atoms with van der Waals surface area (Å²) < 4.78 is 38.1. The average molecular weight is 1110 g/mol. The Morgan fingerprint density at radius 1 is 0.390 bits per heavy atom. The molecule has 0 aromatic heterocycles. The quantitative estimate of drug-likeness (QED) is 0.0450. The maximum Gasteiger partial charge on any atom is 0.0976 e. The van der Waals surface area contributed by atoms with Crippen LogP contribution >= 0.6 is 0 Å². The molecule has 0 aliphatic heterocycles. The molecule has 41 heavy (non-hydrogen) atoms. The second kappa shape index (κ2) is 41.9. The predicted molar refractivity (Wildman–Crippen MR) is 141 cm³/mol. The molecule has 0 heterocycles. The van der Waals surface area contributed by atoms with E-state index < -0.39 is 24.4 Å². The summed E-state index contributed by atoms with van der Waals surface area (Å²) in [5.74, 6) is 0. The molecule has 0 aliphatic carbocycles. The Labute approximate surface area is 233 Å². The molecule has 0 amide bonds. The van der Waals surface area contributed by atoms with Gasteiger partial charge in [-0.1, -0.05) is 0 Å². The van der Waals surface area contributed by atoms with Gasteiger partial charge in [0.25, 0.3) is 0 Å². The fraction of sp³-hybridized carbons (Fsp3) is 0.840. The van der Waals surface area contributed by atoms with Crippen LogP contribution in [0.1, 0.15) is 19.3 Å². The predicted octanol–water partition coefficient (Wildman–Crippen LogP) is -1.14. The zero-order valence-corrected chi connectivity index (χ0v) is 37.3. The van der Waals surface area contributed by atoms with Crippen molar-refractivity contribution < 1.29 is 68.5 Å². The molecule has 4 unspecified atom stereocenters. The van der Waals surface area contributed by atoms with E-state index in [1.54, 1.807) is 0 Å². The second-order valence-corrected chi connectivity index (χ2v) is 7.91. The summed E-state index contributed by atoms with van der Waals surface area (Å²) in [6, 6.07) is 0. The van der Waals surface area contributed by atoms with Crippen LogP contribution in [0.3, 0.4) is 0 Å². The summed E-state index contributed by atoms with van der Waals surface area (Å²) in [5, 5.41) is 53.1. The summed E-state index contributed by atoms with van der Waals surface area (Å²) in [7, 11) is 12.5. The van der Waals surface area contributed by atoms with E-state index in [0.29, 0.717) is 45.7 Å². The second-order valence-electron chi connectivity index (χ2n) is 7.91. The Kier molecular flexibility index (Phi) is 49.3. The summed E-state index contributed by atoms with van der Waals surface area (Å²) >= 11 is 0. The molecule has 0 aliphatic rings. The summed E-state index contributed by atoms with van der Waals surface area (Å²) in [6.07, 6.45) is -0.655. The number of rotatable bonds is 26. The largest absolute Gasteiger partial charge is 0.553 e. The molecule has 6 N–H and O–H groups in total. The van der Waals surface area contributed by atoms with Gasteiger partial charge in [-0.15, -0.1) is 0 Å². The molecular formula is C25H52O14Rf2-4. The summed E-state index contributed by atoms with van der Waals surface area (Å²) in [4.78, 5) is 0. The van der Waals surface area contributed by atoms with E-state index in [-0.39, 0.29) is 66.1 Å². The molecule has 16 heteroatoms. The van der Waals surface area contributed by atoms with Gasteiger partial charge in [0.1, 0.15) is 0 Å². The molecule has 4 atom stereocenters. The third-order valence-electron chi connectivity index (χ3n) is 3.95. The van der Waals surface area contributed by atoms with Crippen molar-refractivity contribution in [2.24, 2.45) is 0 Å². The minimum absolute atomic E-state index is 0. The van der Waals surface area contributed by atoms with Crippen LogP contribution in [0.5, 0.6) is 0 Å². The Morgan fingerprint density at radius 2 is 0.610 bits per heavy atom.